The first-order chi connectivity index (χ1) is 9.63. The Morgan fingerprint density at radius 3 is 2.75 bits per heavy atom. The number of benzene rings is 1. The summed E-state index contributed by atoms with van der Waals surface area (Å²) in [4.78, 5) is 18.8. The minimum Gasteiger partial charge on any atom is -0.373 e. The summed E-state index contributed by atoms with van der Waals surface area (Å²) in [6, 6.07) is 11.6. The van der Waals surface area contributed by atoms with Gasteiger partial charge in [0.25, 0.3) is 5.56 Å². The number of aromatic nitrogens is 2. The molecule has 0 fully saturated rings. The SMILES string of the molecule is CC(C)OCc1cc(=O)[nH]c(SCc2ccccc2)n1. The Bertz CT molecular complexity index is 596. The average Bonchev–Trinajstić information content (AvgIpc) is 2.44. The highest BCUT2D eigenvalue weighted by Gasteiger charge is 2.04. The van der Waals surface area contributed by atoms with Crippen molar-refractivity contribution >= 4 is 11.8 Å². The number of nitrogens with one attached hydrogen (secondary N) is 1. The van der Waals surface area contributed by atoms with Crippen LogP contribution in [-0.2, 0) is 17.1 Å². The molecule has 0 saturated heterocycles. The molecule has 1 aromatic heterocycles. The molecule has 0 bridgehead atoms. The lowest BCUT2D eigenvalue weighted by atomic mass is 10.2. The Hall–Kier alpha value is -1.59. The number of ether oxygens (including phenoxy) is 1. The molecule has 0 radical (unpaired) electrons. The van der Waals surface area contributed by atoms with Crippen LogP contribution in [0.15, 0.2) is 46.3 Å². The Balaban J connectivity index is 2.02. The molecular weight excluding hydrogens is 272 g/mol. The summed E-state index contributed by atoms with van der Waals surface area (Å²) < 4.78 is 5.48. The fourth-order valence-electron chi connectivity index (χ4n) is 1.60. The van der Waals surface area contributed by atoms with Gasteiger partial charge in [0, 0.05) is 11.8 Å². The van der Waals surface area contributed by atoms with Gasteiger partial charge >= 0.3 is 0 Å². The zero-order chi connectivity index (χ0) is 14.4. The fourth-order valence-corrected chi connectivity index (χ4v) is 2.45. The van der Waals surface area contributed by atoms with Crippen molar-refractivity contribution in [2.45, 2.75) is 37.5 Å². The quantitative estimate of drug-likeness (QED) is 0.656. The van der Waals surface area contributed by atoms with E-state index in [9.17, 15) is 4.79 Å². The van der Waals surface area contributed by atoms with Gasteiger partial charge in [-0.3, -0.25) is 4.79 Å². The van der Waals surface area contributed by atoms with Gasteiger partial charge < -0.3 is 9.72 Å². The summed E-state index contributed by atoms with van der Waals surface area (Å²) in [7, 11) is 0. The molecule has 106 valence electrons. The topological polar surface area (TPSA) is 55.0 Å². The predicted molar refractivity (Wildman–Crippen MR) is 80.8 cm³/mol. The zero-order valence-corrected chi connectivity index (χ0v) is 12.4. The van der Waals surface area contributed by atoms with Crippen molar-refractivity contribution < 1.29 is 4.74 Å². The number of hydrogen-bond acceptors (Lipinski definition) is 4. The van der Waals surface area contributed by atoms with E-state index in [2.05, 4.69) is 22.1 Å². The van der Waals surface area contributed by atoms with E-state index < -0.39 is 0 Å². The van der Waals surface area contributed by atoms with Crippen molar-refractivity contribution in [2.24, 2.45) is 0 Å². The standard InChI is InChI=1S/C15H18N2O2S/c1-11(2)19-9-13-8-14(18)17-15(16-13)20-10-12-6-4-3-5-7-12/h3-8,11H,9-10H2,1-2H3,(H,16,17,18). The lowest BCUT2D eigenvalue weighted by Gasteiger charge is -2.07. The molecule has 4 nitrogen and oxygen atoms in total. The maximum Gasteiger partial charge on any atom is 0.251 e. The molecule has 0 aliphatic rings. The molecule has 5 heteroatoms. The van der Waals surface area contributed by atoms with Crippen molar-refractivity contribution in [3.63, 3.8) is 0 Å². The summed E-state index contributed by atoms with van der Waals surface area (Å²) in [5.41, 5.74) is 1.72. The van der Waals surface area contributed by atoms with E-state index in [1.807, 2.05) is 32.0 Å². The second-order valence-corrected chi connectivity index (χ2v) is 5.64. The second-order valence-electron chi connectivity index (χ2n) is 4.68. The van der Waals surface area contributed by atoms with Crippen LogP contribution >= 0.6 is 11.8 Å². The Labute approximate surface area is 122 Å². The molecule has 0 saturated carbocycles. The van der Waals surface area contributed by atoms with Crippen LogP contribution in [0, 0.1) is 0 Å². The third kappa shape index (κ3) is 4.83. The number of hydrogen-bond donors (Lipinski definition) is 1. The largest absolute Gasteiger partial charge is 0.373 e. The maximum absolute atomic E-state index is 11.6. The van der Waals surface area contributed by atoms with Gasteiger partial charge in [0.15, 0.2) is 5.16 Å². The molecule has 2 aromatic rings. The van der Waals surface area contributed by atoms with E-state index in [0.717, 1.165) is 5.75 Å². The fraction of sp³-hybridized carbons (Fsp3) is 0.333. The second kappa shape index (κ2) is 7.26. The van der Waals surface area contributed by atoms with Crippen molar-refractivity contribution in [3.05, 3.63) is 58.0 Å². The monoisotopic (exact) mass is 290 g/mol. The average molecular weight is 290 g/mol. The first kappa shape index (κ1) is 14.8. The van der Waals surface area contributed by atoms with Gasteiger partial charge in [-0.15, -0.1) is 0 Å². The maximum atomic E-state index is 11.6. The molecule has 0 amide bonds. The first-order valence-electron chi connectivity index (χ1n) is 6.52. The van der Waals surface area contributed by atoms with E-state index in [4.69, 9.17) is 4.74 Å². The van der Waals surface area contributed by atoms with Gasteiger partial charge in [0.05, 0.1) is 18.4 Å². The molecule has 1 N–H and O–H groups in total. The molecule has 0 aliphatic carbocycles. The van der Waals surface area contributed by atoms with Crippen molar-refractivity contribution in [1.29, 1.82) is 0 Å². The smallest absolute Gasteiger partial charge is 0.251 e. The highest BCUT2D eigenvalue weighted by molar-refractivity contribution is 7.98. The van der Waals surface area contributed by atoms with E-state index in [1.165, 1.54) is 23.4 Å². The lowest BCUT2D eigenvalue weighted by molar-refractivity contribution is 0.0631. The van der Waals surface area contributed by atoms with Gasteiger partial charge in [-0.05, 0) is 19.4 Å². The van der Waals surface area contributed by atoms with Crippen LogP contribution in [0.1, 0.15) is 25.1 Å². The Morgan fingerprint density at radius 2 is 2.05 bits per heavy atom. The molecule has 0 atom stereocenters. The molecule has 0 aliphatic heterocycles. The number of nitrogens with zero attached hydrogens (tertiary/aromatic N) is 1. The highest BCUT2D eigenvalue weighted by Crippen LogP contribution is 2.18. The van der Waals surface area contributed by atoms with Crippen molar-refractivity contribution in [2.75, 3.05) is 0 Å². The third-order valence-electron chi connectivity index (χ3n) is 2.56. The predicted octanol–water partition coefficient (Wildman–Crippen LogP) is 2.99. The molecule has 1 aromatic carbocycles. The van der Waals surface area contributed by atoms with E-state index in [-0.39, 0.29) is 11.7 Å². The molecule has 1 heterocycles. The summed E-state index contributed by atoms with van der Waals surface area (Å²) in [5, 5.41) is 0.628. The molecular formula is C15H18N2O2S. The van der Waals surface area contributed by atoms with Crippen LogP contribution in [0.2, 0.25) is 0 Å². The summed E-state index contributed by atoms with van der Waals surface area (Å²) in [5.74, 6) is 0.776. The molecule has 20 heavy (non-hydrogen) atoms. The molecule has 0 unspecified atom stereocenters. The third-order valence-corrected chi connectivity index (χ3v) is 3.50. The van der Waals surface area contributed by atoms with Crippen molar-refractivity contribution in [1.82, 2.24) is 9.97 Å². The zero-order valence-electron chi connectivity index (χ0n) is 11.6. The number of rotatable bonds is 6. The molecule has 0 spiro atoms. The summed E-state index contributed by atoms with van der Waals surface area (Å²) in [6.07, 6.45) is 0.122. The van der Waals surface area contributed by atoms with E-state index >= 15 is 0 Å². The van der Waals surface area contributed by atoms with Gasteiger partial charge in [0.1, 0.15) is 0 Å². The highest BCUT2D eigenvalue weighted by atomic mass is 32.2. The summed E-state index contributed by atoms with van der Waals surface area (Å²) >= 11 is 1.51. The van der Waals surface area contributed by atoms with Gasteiger partial charge in [-0.25, -0.2) is 4.98 Å². The first-order valence-corrected chi connectivity index (χ1v) is 7.50. The van der Waals surface area contributed by atoms with Crippen LogP contribution < -0.4 is 5.56 Å². The van der Waals surface area contributed by atoms with E-state index in [0.29, 0.717) is 17.5 Å². The number of thioether (sulfide) groups is 1. The van der Waals surface area contributed by atoms with Crippen LogP contribution in [0.5, 0.6) is 0 Å². The van der Waals surface area contributed by atoms with E-state index in [1.54, 1.807) is 0 Å². The minimum atomic E-state index is -0.141. The minimum absolute atomic E-state index is 0.122. The van der Waals surface area contributed by atoms with Gasteiger partial charge in [-0.2, -0.15) is 0 Å². The number of H-pyrrole nitrogens is 1. The Kier molecular flexibility index (Phi) is 5.38. The van der Waals surface area contributed by atoms with Gasteiger partial charge in [-0.1, -0.05) is 42.1 Å². The van der Waals surface area contributed by atoms with Crippen LogP contribution in [0.3, 0.4) is 0 Å². The van der Waals surface area contributed by atoms with Crippen LogP contribution in [0.4, 0.5) is 0 Å². The normalized spacial score (nSPS) is 10.9. The summed E-state index contributed by atoms with van der Waals surface area (Å²) in [6.45, 7) is 4.27. The van der Waals surface area contributed by atoms with Crippen LogP contribution in [0.25, 0.3) is 0 Å². The Morgan fingerprint density at radius 1 is 1.30 bits per heavy atom. The van der Waals surface area contributed by atoms with Crippen molar-refractivity contribution in [3.8, 4) is 0 Å². The molecule has 2 rings (SSSR count). The van der Waals surface area contributed by atoms with Crippen LogP contribution in [-0.4, -0.2) is 16.1 Å². The van der Waals surface area contributed by atoms with Gasteiger partial charge in [0.2, 0.25) is 0 Å². The number of aromatic amines is 1. The lowest BCUT2D eigenvalue weighted by Crippen LogP contribution is -2.12.